The lowest BCUT2D eigenvalue weighted by molar-refractivity contribution is 0.0938. The van der Waals surface area contributed by atoms with Gasteiger partial charge in [0.1, 0.15) is 5.56 Å². The average molecular weight is 270 g/mol. The summed E-state index contributed by atoms with van der Waals surface area (Å²) in [6, 6.07) is 11.1. The Hall–Kier alpha value is -2.36. The number of carbonyl (C=O) groups is 1. The Balaban J connectivity index is 2.11. The Bertz CT molecular complexity index is 644. The molecule has 4 heteroatoms. The van der Waals surface area contributed by atoms with Crippen LogP contribution in [-0.2, 0) is 6.42 Å². The van der Waals surface area contributed by atoms with Crippen LogP contribution in [0, 0.1) is 0 Å². The van der Waals surface area contributed by atoms with Crippen molar-refractivity contribution < 1.29 is 4.79 Å². The van der Waals surface area contributed by atoms with E-state index in [9.17, 15) is 9.59 Å². The van der Waals surface area contributed by atoms with Gasteiger partial charge in [-0.05, 0) is 36.6 Å². The largest absolute Gasteiger partial charge is 0.345 e. The van der Waals surface area contributed by atoms with Crippen molar-refractivity contribution >= 4 is 5.91 Å². The summed E-state index contributed by atoms with van der Waals surface area (Å²) in [6.45, 7) is 4.00. The molecule has 0 saturated carbocycles. The molecule has 1 unspecified atom stereocenters. The summed E-state index contributed by atoms with van der Waals surface area (Å²) < 4.78 is 0. The molecule has 2 aromatic rings. The van der Waals surface area contributed by atoms with Gasteiger partial charge in [0, 0.05) is 6.20 Å². The fourth-order valence-corrected chi connectivity index (χ4v) is 2.00. The van der Waals surface area contributed by atoms with Gasteiger partial charge in [0.15, 0.2) is 0 Å². The lowest BCUT2D eigenvalue weighted by Gasteiger charge is -2.14. The van der Waals surface area contributed by atoms with Crippen molar-refractivity contribution in [2.45, 2.75) is 26.3 Å². The molecule has 2 rings (SSSR count). The topological polar surface area (TPSA) is 62.0 Å². The Labute approximate surface area is 117 Å². The maximum Gasteiger partial charge on any atom is 0.260 e. The highest BCUT2D eigenvalue weighted by atomic mass is 16.2. The third-order valence-corrected chi connectivity index (χ3v) is 3.30. The van der Waals surface area contributed by atoms with E-state index in [2.05, 4.69) is 17.2 Å². The Kier molecular flexibility index (Phi) is 4.35. The van der Waals surface area contributed by atoms with Gasteiger partial charge in [-0.3, -0.25) is 9.59 Å². The number of rotatable bonds is 4. The molecular weight excluding hydrogens is 252 g/mol. The molecule has 0 aliphatic rings. The van der Waals surface area contributed by atoms with Crippen molar-refractivity contribution in [2.75, 3.05) is 0 Å². The second-order valence-electron chi connectivity index (χ2n) is 4.70. The summed E-state index contributed by atoms with van der Waals surface area (Å²) in [4.78, 5) is 26.1. The summed E-state index contributed by atoms with van der Waals surface area (Å²) in [5, 5.41) is 2.83. The van der Waals surface area contributed by atoms with E-state index < -0.39 is 0 Å². The number of benzene rings is 1. The zero-order valence-electron chi connectivity index (χ0n) is 11.6. The summed E-state index contributed by atoms with van der Waals surface area (Å²) in [7, 11) is 0. The van der Waals surface area contributed by atoms with Gasteiger partial charge in [-0.25, -0.2) is 0 Å². The molecule has 1 aromatic carbocycles. The van der Waals surface area contributed by atoms with Gasteiger partial charge in [-0.15, -0.1) is 0 Å². The zero-order chi connectivity index (χ0) is 14.5. The molecule has 1 aromatic heterocycles. The first-order valence-electron chi connectivity index (χ1n) is 6.69. The fourth-order valence-electron chi connectivity index (χ4n) is 2.00. The molecule has 1 heterocycles. The molecule has 0 saturated heterocycles. The molecule has 1 amide bonds. The smallest absolute Gasteiger partial charge is 0.260 e. The number of aromatic nitrogens is 1. The SMILES string of the molecule is CCc1ccc(C(C)NC(=O)c2ccc[nH]c2=O)cc1. The lowest BCUT2D eigenvalue weighted by atomic mass is 10.0. The minimum Gasteiger partial charge on any atom is -0.345 e. The highest BCUT2D eigenvalue weighted by Crippen LogP contribution is 2.14. The Morgan fingerprint density at radius 3 is 2.55 bits per heavy atom. The molecule has 104 valence electrons. The summed E-state index contributed by atoms with van der Waals surface area (Å²) in [5.41, 5.74) is 2.03. The number of hydrogen-bond donors (Lipinski definition) is 2. The molecule has 0 bridgehead atoms. The van der Waals surface area contributed by atoms with Gasteiger partial charge in [0.05, 0.1) is 6.04 Å². The number of hydrogen-bond acceptors (Lipinski definition) is 2. The number of aryl methyl sites for hydroxylation is 1. The third kappa shape index (κ3) is 3.15. The number of aromatic amines is 1. The van der Waals surface area contributed by atoms with Gasteiger partial charge in [0.2, 0.25) is 0 Å². The molecule has 0 aliphatic heterocycles. The highest BCUT2D eigenvalue weighted by Gasteiger charge is 2.13. The summed E-state index contributed by atoms with van der Waals surface area (Å²) >= 11 is 0. The number of nitrogens with one attached hydrogen (secondary N) is 2. The van der Waals surface area contributed by atoms with E-state index in [4.69, 9.17) is 0 Å². The average Bonchev–Trinajstić information content (AvgIpc) is 2.47. The van der Waals surface area contributed by atoms with Crippen molar-refractivity contribution in [1.82, 2.24) is 10.3 Å². The molecular formula is C16H18N2O2. The molecule has 1 atom stereocenters. The van der Waals surface area contributed by atoms with E-state index in [0.29, 0.717) is 0 Å². The molecule has 0 spiro atoms. The minimum absolute atomic E-state index is 0.129. The third-order valence-electron chi connectivity index (χ3n) is 3.30. The van der Waals surface area contributed by atoms with Crippen LogP contribution >= 0.6 is 0 Å². The molecule has 2 N–H and O–H groups in total. The normalized spacial score (nSPS) is 11.9. The molecule has 0 fully saturated rings. The van der Waals surface area contributed by atoms with Crippen molar-refractivity contribution in [1.29, 1.82) is 0 Å². The highest BCUT2D eigenvalue weighted by molar-refractivity contribution is 5.93. The number of amides is 1. The maximum absolute atomic E-state index is 12.0. The predicted octanol–water partition coefficient (Wildman–Crippen LogP) is 2.43. The Morgan fingerprint density at radius 1 is 1.25 bits per heavy atom. The first kappa shape index (κ1) is 14.1. The summed E-state index contributed by atoms with van der Waals surface area (Å²) in [5.74, 6) is -0.362. The van der Waals surface area contributed by atoms with Gasteiger partial charge in [-0.2, -0.15) is 0 Å². The van der Waals surface area contributed by atoms with Crippen molar-refractivity contribution in [2.24, 2.45) is 0 Å². The first-order chi connectivity index (χ1) is 9.61. The van der Waals surface area contributed by atoms with E-state index in [1.165, 1.54) is 17.8 Å². The van der Waals surface area contributed by atoms with Crippen LogP contribution in [0.4, 0.5) is 0 Å². The Morgan fingerprint density at radius 2 is 1.95 bits per heavy atom. The van der Waals surface area contributed by atoms with Crippen LogP contribution in [0.3, 0.4) is 0 Å². The van der Waals surface area contributed by atoms with E-state index in [1.54, 1.807) is 6.07 Å². The molecule has 20 heavy (non-hydrogen) atoms. The molecule has 0 radical (unpaired) electrons. The standard InChI is InChI=1S/C16H18N2O2/c1-3-12-6-8-13(9-7-12)11(2)18-16(20)14-5-4-10-17-15(14)19/h4-11H,3H2,1-2H3,(H,17,19)(H,18,20). The minimum atomic E-state index is -0.376. The van der Waals surface area contributed by atoms with Gasteiger partial charge in [-0.1, -0.05) is 31.2 Å². The van der Waals surface area contributed by atoms with Crippen LogP contribution in [0.25, 0.3) is 0 Å². The second kappa shape index (κ2) is 6.19. The van der Waals surface area contributed by atoms with E-state index in [-0.39, 0.29) is 23.1 Å². The maximum atomic E-state index is 12.0. The van der Waals surface area contributed by atoms with Gasteiger partial charge < -0.3 is 10.3 Å². The number of H-pyrrole nitrogens is 1. The molecule has 4 nitrogen and oxygen atoms in total. The second-order valence-corrected chi connectivity index (χ2v) is 4.70. The van der Waals surface area contributed by atoms with Crippen LogP contribution in [0.2, 0.25) is 0 Å². The van der Waals surface area contributed by atoms with Crippen molar-refractivity contribution in [3.05, 3.63) is 69.6 Å². The van der Waals surface area contributed by atoms with Crippen molar-refractivity contribution in [3.63, 3.8) is 0 Å². The van der Waals surface area contributed by atoms with Crippen LogP contribution in [0.15, 0.2) is 47.4 Å². The van der Waals surface area contributed by atoms with E-state index in [1.807, 2.05) is 31.2 Å². The quantitative estimate of drug-likeness (QED) is 0.896. The van der Waals surface area contributed by atoms with Crippen molar-refractivity contribution in [3.8, 4) is 0 Å². The lowest BCUT2D eigenvalue weighted by Crippen LogP contribution is -2.31. The van der Waals surface area contributed by atoms with Gasteiger partial charge >= 0.3 is 0 Å². The van der Waals surface area contributed by atoms with Crippen LogP contribution in [0.5, 0.6) is 0 Å². The van der Waals surface area contributed by atoms with E-state index in [0.717, 1.165) is 12.0 Å². The number of pyridine rings is 1. The summed E-state index contributed by atoms with van der Waals surface area (Å²) in [6.07, 6.45) is 2.49. The first-order valence-corrected chi connectivity index (χ1v) is 6.69. The van der Waals surface area contributed by atoms with Crippen LogP contribution < -0.4 is 10.9 Å². The predicted molar refractivity (Wildman–Crippen MR) is 78.8 cm³/mol. The zero-order valence-corrected chi connectivity index (χ0v) is 11.6. The van der Waals surface area contributed by atoms with Gasteiger partial charge in [0.25, 0.3) is 11.5 Å². The molecule has 0 aliphatic carbocycles. The fraction of sp³-hybridized carbons (Fsp3) is 0.250. The van der Waals surface area contributed by atoms with E-state index >= 15 is 0 Å². The number of carbonyl (C=O) groups excluding carboxylic acids is 1. The monoisotopic (exact) mass is 270 g/mol. The van der Waals surface area contributed by atoms with Crippen LogP contribution in [-0.4, -0.2) is 10.9 Å². The van der Waals surface area contributed by atoms with Crippen LogP contribution in [0.1, 0.15) is 41.4 Å².